The fourth-order valence-electron chi connectivity index (χ4n) is 3.02. The van der Waals surface area contributed by atoms with E-state index in [1.807, 2.05) is 16.0 Å². The van der Waals surface area contributed by atoms with Gasteiger partial charge in [0, 0.05) is 24.0 Å². The van der Waals surface area contributed by atoms with E-state index >= 15 is 0 Å². The van der Waals surface area contributed by atoms with E-state index in [9.17, 15) is 0 Å². The van der Waals surface area contributed by atoms with Gasteiger partial charge in [0.15, 0.2) is 5.82 Å². The Morgan fingerprint density at radius 3 is 3.10 bits per heavy atom. The lowest BCUT2D eigenvalue weighted by Crippen LogP contribution is -2.35. The predicted octanol–water partition coefficient (Wildman–Crippen LogP) is 2.65. The van der Waals surface area contributed by atoms with Crippen LogP contribution in [0.1, 0.15) is 49.0 Å². The molecule has 0 bridgehead atoms. The number of fused-ring (bicyclic) bond motifs is 1. The molecule has 0 fully saturated rings. The standard InChI is InChI=1S/C14H21N5S/c1-3-7-19-14(15-16-17-19)10-18-8-5-13-11(6-9-20-13)12(18)4-2/h6,9,12H,3-5,7-8,10H2,1-2H3/t12-/m1/s1. The van der Waals surface area contributed by atoms with Gasteiger partial charge in [0.2, 0.25) is 0 Å². The molecular formula is C14H21N5S. The summed E-state index contributed by atoms with van der Waals surface area (Å²) < 4.78 is 1.94. The minimum Gasteiger partial charge on any atom is -0.288 e. The maximum absolute atomic E-state index is 4.20. The average molecular weight is 291 g/mol. The Bertz CT molecular complexity index is 561. The van der Waals surface area contributed by atoms with Gasteiger partial charge in [-0.15, -0.1) is 16.4 Å². The summed E-state index contributed by atoms with van der Waals surface area (Å²) in [5.41, 5.74) is 1.51. The van der Waals surface area contributed by atoms with Crippen LogP contribution in [0.4, 0.5) is 0 Å². The zero-order valence-corrected chi connectivity index (χ0v) is 12.9. The first-order valence-electron chi connectivity index (χ1n) is 7.38. The van der Waals surface area contributed by atoms with E-state index in [4.69, 9.17) is 0 Å². The molecule has 0 saturated heterocycles. The van der Waals surface area contributed by atoms with E-state index in [-0.39, 0.29) is 0 Å². The third-order valence-corrected chi connectivity index (χ3v) is 4.97. The molecule has 0 aromatic carbocycles. The maximum Gasteiger partial charge on any atom is 0.165 e. The number of tetrazole rings is 1. The summed E-state index contributed by atoms with van der Waals surface area (Å²) in [6.45, 7) is 7.26. The lowest BCUT2D eigenvalue weighted by Gasteiger charge is -2.34. The van der Waals surface area contributed by atoms with Gasteiger partial charge < -0.3 is 0 Å². The highest BCUT2D eigenvalue weighted by Crippen LogP contribution is 2.35. The van der Waals surface area contributed by atoms with Crippen LogP contribution in [0.3, 0.4) is 0 Å². The summed E-state index contributed by atoms with van der Waals surface area (Å²) in [6.07, 6.45) is 3.35. The highest BCUT2D eigenvalue weighted by atomic mass is 32.1. The lowest BCUT2D eigenvalue weighted by molar-refractivity contribution is 0.165. The Kier molecular flexibility index (Phi) is 4.12. The monoisotopic (exact) mass is 291 g/mol. The van der Waals surface area contributed by atoms with E-state index in [2.05, 4.69) is 45.7 Å². The van der Waals surface area contributed by atoms with Crippen LogP contribution in [0.25, 0.3) is 0 Å². The van der Waals surface area contributed by atoms with Crippen LogP contribution in [-0.4, -0.2) is 31.7 Å². The number of aryl methyl sites for hydroxylation is 1. The summed E-state index contributed by atoms with van der Waals surface area (Å²) in [7, 11) is 0. The van der Waals surface area contributed by atoms with Crippen molar-refractivity contribution in [2.45, 2.75) is 52.2 Å². The van der Waals surface area contributed by atoms with Crippen LogP contribution in [-0.2, 0) is 19.5 Å². The van der Waals surface area contributed by atoms with Gasteiger partial charge in [-0.25, -0.2) is 4.68 Å². The quantitative estimate of drug-likeness (QED) is 0.849. The summed E-state index contributed by atoms with van der Waals surface area (Å²) in [5, 5.41) is 14.3. The van der Waals surface area contributed by atoms with Crippen molar-refractivity contribution < 1.29 is 0 Å². The molecule has 5 nitrogen and oxygen atoms in total. The Hall–Kier alpha value is -1.27. The Labute approximate surface area is 123 Å². The van der Waals surface area contributed by atoms with Crippen molar-refractivity contribution in [2.75, 3.05) is 6.54 Å². The molecule has 1 atom stereocenters. The summed E-state index contributed by atoms with van der Waals surface area (Å²) in [6, 6.07) is 2.80. The van der Waals surface area contributed by atoms with Crippen molar-refractivity contribution in [3.05, 3.63) is 27.7 Å². The van der Waals surface area contributed by atoms with E-state index < -0.39 is 0 Å². The zero-order chi connectivity index (χ0) is 13.9. The van der Waals surface area contributed by atoms with Crippen LogP contribution >= 0.6 is 11.3 Å². The van der Waals surface area contributed by atoms with Crippen molar-refractivity contribution in [3.8, 4) is 0 Å². The predicted molar refractivity (Wildman–Crippen MR) is 79.6 cm³/mol. The fourth-order valence-corrected chi connectivity index (χ4v) is 3.95. The van der Waals surface area contributed by atoms with Gasteiger partial charge in [0.1, 0.15) is 0 Å². The van der Waals surface area contributed by atoms with Gasteiger partial charge in [0.25, 0.3) is 0 Å². The van der Waals surface area contributed by atoms with Crippen molar-refractivity contribution in [1.29, 1.82) is 0 Å². The van der Waals surface area contributed by atoms with Crippen LogP contribution in [0, 0.1) is 0 Å². The number of nitrogens with zero attached hydrogens (tertiary/aromatic N) is 5. The smallest absolute Gasteiger partial charge is 0.165 e. The van der Waals surface area contributed by atoms with Crippen molar-refractivity contribution >= 4 is 11.3 Å². The van der Waals surface area contributed by atoms with E-state index in [0.29, 0.717) is 6.04 Å². The molecule has 108 valence electrons. The third-order valence-electron chi connectivity index (χ3n) is 3.98. The zero-order valence-electron chi connectivity index (χ0n) is 12.1. The molecule has 2 aromatic heterocycles. The minimum atomic E-state index is 0.511. The first-order chi connectivity index (χ1) is 9.83. The molecule has 0 unspecified atom stereocenters. The molecule has 1 aliphatic heterocycles. The molecular weight excluding hydrogens is 270 g/mol. The normalized spacial score (nSPS) is 19.2. The molecule has 6 heteroatoms. The number of aromatic nitrogens is 4. The number of hydrogen-bond acceptors (Lipinski definition) is 5. The highest BCUT2D eigenvalue weighted by molar-refractivity contribution is 7.10. The fraction of sp³-hybridized carbons (Fsp3) is 0.643. The molecule has 0 saturated carbocycles. The first kappa shape index (κ1) is 13.7. The largest absolute Gasteiger partial charge is 0.288 e. The molecule has 3 heterocycles. The van der Waals surface area contributed by atoms with Crippen molar-refractivity contribution in [3.63, 3.8) is 0 Å². The summed E-state index contributed by atoms with van der Waals surface area (Å²) >= 11 is 1.89. The number of rotatable bonds is 5. The van der Waals surface area contributed by atoms with Gasteiger partial charge >= 0.3 is 0 Å². The van der Waals surface area contributed by atoms with Gasteiger partial charge in [-0.2, -0.15) is 0 Å². The van der Waals surface area contributed by atoms with Crippen LogP contribution in [0.2, 0.25) is 0 Å². The highest BCUT2D eigenvalue weighted by Gasteiger charge is 2.28. The maximum atomic E-state index is 4.20. The minimum absolute atomic E-state index is 0.511. The Balaban J connectivity index is 1.79. The van der Waals surface area contributed by atoms with Crippen molar-refractivity contribution in [1.82, 2.24) is 25.1 Å². The summed E-state index contributed by atoms with van der Waals surface area (Å²) in [4.78, 5) is 4.08. The third kappa shape index (κ3) is 2.50. The van der Waals surface area contributed by atoms with E-state index in [1.54, 1.807) is 4.88 Å². The topological polar surface area (TPSA) is 46.8 Å². The van der Waals surface area contributed by atoms with E-state index in [0.717, 1.165) is 44.7 Å². The van der Waals surface area contributed by atoms with Gasteiger partial charge in [-0.3, -0.25) is 4.90 Å². The molecule has 0 N–H and O–H groups in total. The second-order valence-electron chi connectivity index (χ2n) is 5.26. The van der Waals surface area contributed by atoms with Crippen LogP contribution in [0.15, 0.2) is 11.4 Å². The SMILES string of the molecule is CCCn1nnnc1CN1CCc2sccc2[C@H]1CC. The Morgan fingerprint density at radius 2 is 2.30 bits per heavy atom. The molecule has 0 aliphatic carbocycles. The number of hydrogen-bond donors (Lipinski definition) is 0. The molecule has 1 aliphatic rings. The first-order valence-corrected chi connectivity index (χ1v) is 8.26. The van der Waals surface area contributed by atoms with Gasteiger partial charge in [-0.1, -0.05) is 13.8 Å². The van der Waals surface area contributed by atoms with E-state index in [1.165, 1.54) is 5.56 Å². The molecule has 2 aromatic rings. The van der Waals surface area contributed by atoms with Gasteiger partial charge in [0.05, 0.1) is 6.54 Å². The average Bonchev–Trinajstić information content (AvgIpc) is 3.08. The second-order valence-corrected chi connectivity index (χ2v) is 6.26. The van der Waals surface area contributed by atoms with Crippen molar-refractivity contribution in [2.24, 2.45) is 0 Å². The molecule has 0 spiro atoms. The number of thiophene rings is 1. The van der Waals surface area contributed by atoms with Gasteiger partial charge in [-0.05, 0) is 46.7 Å². The summed E-state index contributed by atoms with van der Waals surface area (Å²) in [5.74, 6) is 0.990. The molecule has 20 heavy (non-hydrogen) atoms. The molecule has 3 rings (SSSR count). The van der Waals surface area contributed by atoms with Crippen LogP contribution in [0.5, 0.6) is 0 Å². The Morgan fingerprint density at radius 1 is 1.40 bits per heavy atom. The second kappa shape index (κ2) is 6.01. The molecule has 0 radical (unpaired) electrons. The lowest BCUT2D eigenvalue weighted by atomic mass is 9.98. The van der Waals surface area contributed by atoms with Crippen LogP contribution < -0.4 is 0 Å². The molecule has 0 amide bonds.